The Morgan fingerprint density at radius 2 is 1.53 bits per heavy atom. The number of esters is 3. The number of hydrogen-bond acceptors (Lipinski definition) is 8. The molecule has 0 saturated carbocycles. The lowest BCUT2D eigenvalue weighted by Gasteiger charge is -2.09. The van der Waals surface area contributed by atoms with Crippen molar-refractivity contribution in [3.05, 3.63) is 51.4 Å². The number of methoxy groups -OCH3 is 1. The van der Waals surface area contributed by atoms with Crippen LogP contribution < -0.4 is 5.32 Å². The van der Waals surface area contributed by atoms with E-state index in [2.05, 4.69) is 10.1 Å². The topological polar surface area (TPSA) is 108 Å². The first-order valence-electron chi connectivity index (χ1n) is 9.27. The van der Waals surface area contributed by atoms with Crippen LogP contribution in [0.4, 0.5) is 5.00 Å². The quantitative estimate of drug-likeness (QED) is 0.502. The number of aryl methyl sites for hydroxylation is 1. The van der Waals surface area contributed by atoms with Gasteiger partial charge in [0.1, 0.15) is 5.00 Å². The number of rotatable bonds is 8. The Morgan fingerprint density at radius 1 is 0.933 bits per heavy atom. The number of anilines is 1. The summed E-state index contributed by atoms with van der Waals surface area (Å²) in [6.45, 7) is 5.17. The SMILES string of the molecule is CCOC(=O)c1c(NC(=O)COC(=O)c2ccc(C(=O)OC)cc2)sc(C)c1CC. The molecular weight excluding hydrogens is 410 g/mol. The standard InChI is InChI=1S/C21H23NO7S/c1-5-15-12(3)30-18(17(15)21(26)28-6-2)22-16(23)11-29-20(25)14-9-7-13(8-10-14)19(24)27-4/h7-10H,5-6,11H2,1-4H3,(H,22,23). The van der Waals surface area contributed by atoms with Crippen molar-refractivity contribution in [2.75, 3.05) is 25.6 Å². The van der Waals surface area contributed by atoms with Gasteiger partial charge in [-0.1, -0.05) is 6.92 Å². The van der Waals surface area contributed by atoms with Crippen LogP contribution >= 0.6 is 11.3 Å². The molecule has 0 fully saturated rings. The van der Waals surface area contributed by atoms with Gasteiger partial charge in [0.2, 0.25) is 0 Å². The van der Waals surface area contributed by atoms with Gasteiger partial charge in [0.05, 0.1) is 30.4 Å². The lowest BCUT2D eigenvalue weighted by atomic mass is 10.1. The second-order valence-electron chi connectivity index (χ2n) is 6.11. The van der Waals surface area contributed by atoms with E-state index in [9.17, 15) is 19.2 Å². The number of carbonyl (C=O) groups is 4. The molecule has 0 unspecified atom stereocenters. The van der Waals surface area contributed by atoms with Crippen LogP contribution in [0, 0.1) is 6.92 Å². The summed E-state index contributed by atoms with van der Waals surface area (Å²) in [6, 6.07) is 5.66. The number of nitrogens with one attached hydrogen (secondary N) is 1. The highest BCUT2D eigenvalue weighted by molar-refractivity contribution is 7.16. The number of ether oxygens (including phenoxy) is 3. The molecule has 0 aliphatic heterocycles. The van der Waals surface area contributed by atoms with Crippen LogP contribution in [0.1, 0.15) is 55.4 Å². The number of amides is 1. The predicted octanol–water partition coefficient (Wildman–Crippen LogP) is 3.38. The first kappa shape index (κ1) is 23.1. The fourth-order valence-electron chi connectivity index (χ4n) is 2.75. The summed E-state index contributed by atoms with van der Waals surface area (Å²) in [7, 11) is 1.26. The van der Waals surface area contributed by atoms with E-state index in [-0.39, 0.29) is 17.7 Å². The molecule has 1 heterocycles. The van der Waals surface area contributed by atoms with Crippen LogP contribution in [-0.2, 0) is 25.4 Å². The maximum Gasteiger partial charge on any atom is 0.341 e. The maximum atomic E-state index is 12.3. The largest absolute Gasteiger partial charge is 0.465 e. The van der Waals surface area contributed by atoms with Crippen LogP contribution in [0.5, 0.6) is 0 Å². The van der Waals surface area contributed by atoms with Gasteiger partial charge >= 0.3 is 17.9 Å². The molecule has 8 nitrogen and oxygen atoms in total. The second-order valence-corrected chi connectivity index (χ2v) is 7.33. The fraction of sp³-hybridized carbons (Fsp3) is 0.333. The molecule has 0 atom stereocenters. The second kappa shape index (κ2) is 10.5. The van der Waals surface area contributed by atoms with Crippen LogP contribution in [0.2, 0.25) is 0 Å². The molecule has 0 spiro atoms. The third-order valence-corrected chi connectivity index (χ3v) is 5.23. The van der Waals surface area contributed by atoms with E-state index in [0.717, 1.165) is 10.4 Å². The number of carbonyl (C=O) groups excluding carboxylic acids is 4. The molecule has 2 aromatic rings. The molecule has 0 bridgehead atoms. The number of hydrogen-bond donors (Lipinski definition) is 1. The lowest BCUT2D eigenvalue weighted by Crippen LogP contribution is -2.22. The highest BCUT2D eigenvalue weighted by Crippen LogP contribution is 2.34. The smallest absolute Gasteiger partial charge is 0.341 e. The maximum absolute atomic E-state index is 12.3. The van der Waals surface area contributed by atoms with E-state index in [1.807, 2.05) is 13.8 Å². The molecule has 9 heteroatoms. The van der Waals surface area contributed by atoms with Crippen molar-refractivity contribution in [2.45, 2.75) is 27.2 Å². The minimum Gasteiger partial charge on any atom is -0.465 e. The molecule has 0 saturated heterocycles. The Hall–Kier alpha value is -3.20. The Morgan fingerprint density at radius 3 is 2.07 bits per heavy atom. The van der Waals surface area contributed by atoms with Gasteiger partial charge in [0, 0.05) is 4.88 Å². The molecule has 2 rings (SSSR count). The molecule has 1 aromatic heterocycles. The van der Waals surface area contributed by atoms with Gasteiger partial charge in [-0.15, -0.1) is 11.3 Å². The summed E-state index contributed by atoms with van der Waals surface area (Å²) < 4.78 is 14.7. The minimum atomic E-state index is -0.719. The van der Waals surface area contributed by atoms with Crippen molar-refractivity contribution in [1.82, 2.24) is 0 Å². The van der Waals surface area contributed by atoms with Crippen LogP contribution in [0.25, 0.3) is 0 Å². The Labute approximate surface area is 178 Å². The molecule has 30 heavy (non-hydrogen) atoms. The molecule has 1 amide bonds. The summed E-state index contributed by atoms with van der Waals surface area (Å²) in [6.07, 6.45) is 0.614. The zero-order valence-electron chi connectivity index (χ0n) is 17.2. The molecule has 160 valence electrons. The van der Waals surface area contributed by atoms with Gasteiger partial charge in [-0.05, 0) is 50.1 Å². The van der Waals surface area contributed by atoms with Crippen LogP contribution in [0.3, 0.4) is 0 Å². The van der Waals surface area contributed by atoms with Gasteiger partial charge in [-0.3, -0.25) is 4.79 Å². The van der Waals surface area contributed by atoms with E-state index in [0.29, 0.717) is 17.0 Å². The van der Waals surface area contributed by atoms with Crippen molar-refractivity contribution >= 4 is 40.2 Å². The Balaban J connectivity index is 2.03. The zero-order valence-corrected chi connectivity index (χ0v) is 18.0. The predicted molar refractivity (Wildman–Crippen MR) is 111 cm³/mol. The zero-order chi connectivity index (χ0) is 22.3. The number of benzene rings is 1. The molecular formula is C21H23NO7S. The van der Waals surface area contributed by atoms with Crippen molar-refractivity contribution in [3.63, 3.8) is 0 Å². The van der Waals surface area contributed by atoms with E-state index in [1.54, 1.807) is 6.92 Å². The lowest BCUT2D eigenvalue weighted by molar-refractivity contribution is -0.119. The molecule has 0 radical (unpaired) electrons. The average Bonchev–Trinajstić information content (AvgIpc) is 3.06. The minimum absolute atomic E-state index is 0.183. The van der Waals surface area contributed by atoms with Gasteiger partial charge in [0.25, 0.3) is 5.91 Å². The van der Waals surface area contributed by atoms with Crippen LogP contribution in [-0.4, -0.2) is 44.1 Å². The van der Waals surface area contributed by atoms with Gasteiger partial charge in [0.15, 0.2) is 6.61 Å². The third kappa shape index (κ3) is 5.44. The third-order valence-electron chi connectivity index (χ3n) is 4.17. The van der Waals surface area contributed by atoms with E-state index >= 15 is 0 Å². The van der Waals surface area contributed by atoms with Gasteiger partial charge in [-0.2, -0.15) is 0 Å². The normalized spacial score (nSPS) is 10.3. The molecule has 0 aliphatic carbocycles. The molecule has 1 N–H and O–H groups in total. The fourth-order valence-corrected chi connectivity index (χ4v) is 3.90. The first-order valence-corrected chi connectivity index (χ1v) is 10.1. The summed E-state index contributed by atoms with van der Waals surface area (Å²) in [5, 5.41) is 2.99. The van der Waals surface area contributed by atoms with Gasteiger partial charge < -0.3 is 19.5 Å². The van der Waals surface area contributed by atoms with Crippen molar-refractivity contribution in [3.8, 4) is 0 Å². The van der Waals surface area contributed by atoms with E-state index in [4.69, 9.17) is 9.47 Å². The van der Waals surface area contributed by atoms with E-state index < -0.39 is 30.4 Å². The van der Waals surface area contributed by atoms with Gasteiger partial charge in [-0.25, -0.2) is 14.4 Å². The first-order chi connectivity index (χ1) is 14.3. The summed E-state index contributed by atoms with van der Waals surface area (Å²) in [5.74, 6) is -2.33. The molecule has 1 aromatic carbocycles. The average molecular weight is 433 g/mol. The Kier molecular flexibility index (Phi) is 8.11. The number of thiophene rings is 1. The highest BCUT2D eigenvalue weighted by atomic mass is 32.1. The molecule has 0 aliphatic rings. The van der Waals surface area contributed by atoms with Crippen molar-refractivity contribution in [2.24, 2.45) is 0 Å². The van der Waals surface area contributed by atoms with Crippen molar-refractivity contribution < 1.29 is 33.4 Å². The summed E-state index contributed by atoms with van der Waals surface area (Å²) >= 11 is 1.27. The summed E-state index contributed by atoms with van der Waals surface area (Å²) in [4.78, 5) is 49.0. The monoisotopic (exact) mass is 433 g/mol. The summed E-state index contributed by atoms with van der Waals surface area (Å²) in [5.41, 5.74) is 1.62. The Bertz CT molecular complexity index is 947. The highest BCUT2D eigenvalue weighted by Gasteiger charge is 2.23. The van der Waals surface area contributed by atoms with Crippen LogP contribution in [0.15, 0.2) is 24.3 Å². The van der Waals surface area contributed by atoms with Crippen molar-refractivity contribution in [1.29, 1.82) is 0 Å². The van der Waals surface area contributed by atoms with E-state index in [1.165, 1.54) is 42.7 Å².